The Bertz CT molecular complexity index is 95.0. The van der Waals surface area contributed by atoms with Crippen molar-refractivity contribution in [2.24, 2.45) is 5.92 Å². The highest BCUT2D eigenvalue weighted by atomic mass is 16.2. The Balaban J connectivity index is 3.03. The van der Waals surface area contributed by atoms with E-state index in [-0.39, 0.29) is 0 Å². The van der Waals surface area contributed by atoms with Crippen molar-refractivity contribution in [2.45, 2.75) is 39.5 Å². The van der Waals surface area contributed by atoms with Crippen LogP contribution in [0.5, 0.6) is 0 Å². The topological polar surface area (TPSA) is 20.2 Å². The van der Waals surface area contributed by atoms with Crippen molar-refractivity contribution in [3.63, 3.8) is 0 Å². The van der Waals surface area contributed by atoms with E-state index >= 15 is 0 Å². The van der Waals surface area contributed by atoms with E-state index in [0.29, 0.717) is 6.61 Å². The van der Waals surface area contributed by atoms with Crippen molar-refractivity contribution < 1.29 is 5.11 Å². The molecule has 0 heterocycles. The maximum Gasteiger partial charge on any atom is 0.0431 e. The minimum absolute atomic E-state index is 0.331. The van der Waals surface area contributed by atoms with Gasteiger partial charge < -0.3 is 5.11 Å². The predicted octanol–water partition coefficient (Wildman–Crippen LogP) is 2.75. The number of allylic oxidation sites excluding steroid dienone is 2. The Morgan fingerprint density at radius 2 is 1.91 bits per heavy atom. The third-order valence-electron chi connectivity index (χ3n) is 1.55. The molecular weight excluding hydrogens is 136 g/mol. The van der Waals surface area contributed by atoms with Crippen LogP contribution in [-0.4, -0.2) is 11.7 Å². The molecule has 0 saturated heterocycles. The Morgan fingerprint density at radius 1 is 1.18 bits per heavy atom. The Morgan fingerprint density at radius 3 is 2.45 bits per heavy atom. The summed E-state index contributed by atoms with van der Waals surface area (Å²) in [7, 11) is 0. The summed E-state index contributed by atoms with van der Waals surface area (Å²) in [6.45, 7) is 4.77. The molecule has 0 fully saturated rings. The highest BCUT2D eigenvalue weighted by Gasteiger charge is 1.86. The number of hydrogen-bond donors (Lipinski definition) is 1. The monoisotopic (exact) mass is 156 g/mol. The molecule has 0 unspecified atom stereocenters. The summed E-state index contributed by atoms with van der Waals surface area (Å²) in [5.41, 5.74) is 0. The smallest absolute Gasteiger partial charge is 0.0431 e. The van der Waals surface area contributed by atoms with Crippen LogP contribution in [0, 0.1) is 5.92 Å². The van der Waals surface area contributed by atoms with Crippen LogP contribution < -0.4 is 0 Å². The van der Waals surface area contributed by atoms with Crippen LogP contribution in [0.25, 0.3) is 0 Å². The highest BCUT2D eigenvalue weighted by molar-refractivity contribution is 4.82. The van der Waals surface area contributed by atoms with Crippen LogP contribution in [-0.2, 0) is 0 Å². The van der Waals surface area contributed by atoms with Gasteiger partial charge in [0.25, 0.3) is 0 Å². The third kappa shape index (κ3) is 9.70. The van der Waals surface area contributed by atoms with Crippen molar-refractivity contribution in [1.82, 2.24) is 0 Å². The van der Waals surface area contributed by atoms with Gasteiger partial charge in [0, 0.05) is 6.61 Å². The fourth-order valence-electron chi connectivity index (χ4n) is 0.860. The SMILES string of the molecule is CC(C)CC=CCCCCO. The number of rotatable bonds is 6. The van der Waals surface area contributed by atoms with E-state index in [1.54, 1.807) is 0 Å². The molecule has 0 aromatic rings. The lowest BCUT2D eigenvalue weighted by Gasteiger charge is -1.96. The van der Waals surface area contributed by atoms with E-state index < -0.39 is 0 Å². The normalized spacial score (nSPS) is 11.6. The molecule has 1 heteroatoms. The average Bonchev–Trinajstić information content (AvgIpc) is 1.96. The standard InChI is InChI=1S/C10H20O/c1-10(2)8-6-4-3-5-7-9-11/h4,6,10-11H,3,5,7-9H2,1-2H3. The largest absolute Gasteiger partial charge is 0.396 e. The first-order valence-corrected chi connectivity index (χ1v) is 4.53. The summed E-state index contributed by atoms with van der Waals surface area (Å²) in [5, 5.41) is 8.49. The summed E-state index contributed by atoms with van der Waals surface area (Å²) >= 11 is 0. The van der Waals surface area contributed by atoms with Crippen molar-refractivity contribution in [3.05, 3.63) is 12.2 Å². The Hall–Kier alpha value is -0.300. The molecule has 0 aliphatic rings. The summed E-state index contributed by atoms with van der Waals surface area (Å²) in [4.78, 5) is 0. The zero-order valence-electron chi connectivity index (χ0n) is 7.71. The number of hydrogen-bond acceptors (Lipinski definition) is 1. The molecule has 66 valence electrons. The van der Waals surface area contributed by atoms with Crippen LogP contribution in [0.2, 0.25) is 0 Å². The fraction of sp³-hybridized carbons (Fsp3) is 0.800. The van der Waals surface area contributed by atoms with Crippen LogP contribution >= 0.6 is 0 Å². The maximum atomic E-state index is 8.49. The van der Waals surface area contributed by atoms with Gasteiger partial charge in [0.2, 0.25) is 0 Å². The van der Waals surface area contributed by atoms with E-state index in [1.807, 2.05) is 0 Å². The van der Waals surface area contributed by atoms with Gasteiger partial charge in [-0.1, -0.05) is 26.0 Å². The van der Waals surface area contributed by atoms with E-state index in [2.05, 4.69) is 26.0 Å². The Labute approximate surface area is 70.1 Å². The van der Waals surface area contributed by atoms with Crippen LogP contribution in [0.4, 0.5) is 0 Å². The van der Waals surface area contributed by atoms with Gasteiger partial charge in [-0.25, -0.2) is 0 Å². The van der Waals surface area contributed by atoms with Crippen LogP contribution in [0.3, 0.4) is 0 Å². The van der Waals surface area contributed by atoms with E-state index in [1.165, 1.54) is 6.42 Å². The van der Waals surface area contributed by atoms with Gasteiger partial charge in [-0.05, 0) is 31.6 Å². The maximum absolute atomic E-state index is 8.49. The zero-order valence-corrected chi connectivity index (χ0v) is 7.71. The number of unbranched alkanes of at least 4 members (excludes halogenated alkanes) is 2. The quantitative estimate of drug-likeness (QED) is 0.463. The fourth-order valence-corrected chi connectivity index (χ4v) is 0.860. The first-order chi connectivity index (χ1) is 5.27. The molecule has 0 rings (SSSR count). The first-order valence-electron chi connectivity index (χ1n) is 4.53. The average molecular weight is 156 g/mol. The second-order valence-corrected chi connectivity index (χ2v) is 3.32. The zero-order chi connectivity index (χ0) is 8.53. The van der Waals surface area contributed by atoms with Gasteiger partial charge in [-0.15, -0.1) is 0 Å². The second-order valence-electron chi connectivity index (χ2n) is 3.32. The molecule has 11 heavy (non-hydrogen) atoms. The van der Waals surface area contributed by atoms with Crippen LogP contribution in [0.15, 0.2) is 12.2 Å². The lowest BCUT2D eigenvalue weighted by Crippen LogP contribution is -1.82. The summed E-state index contributed by atoms with van der Waals surface area (Å²) in [6, 6.07) is 0. The molecule has 0 saturated carbocycles. The molecule has 0 amide bonds. The lowest BCUT2D eigenvalue weighted by atomic mass is 10.1. The van der Waals surface area contributed by atoms with Crippen molar-refractivity contribution >= 4 is 0 Å². The van der Waals surface area contributed by atoms with E-state index in [9.17, 15) is 0 Å². The molecule has 1 N–H and O–H groups in total. The first kappa shape index (κ1) is 10.7. The molecule has 0 bridgehead atoms. The van der Waals surface area contributed by atoms with Gasteiger partial charge in [-0.2, -0.15) is 0 Å². The molecule has 0 radical (unpaired) electrons. The molecule has 0 atom stereocenters. The van der Waals surface area contributed by atoms with E-state index in [0.717, 1.165) is 25.2 Å². The molecule has 0 aliphatic heterocycles. The second kappa shape index (κ2) is 7.80. The van der Waals surface area contributed by atoms with Crippen molar-refractivity contribution in [1.29, 1.82) is 0 Å². The van der Waals surface area contributed by atoms with Gasteiger partial charge >= 0.3 is 0 Å². The van der Waals surface area contributed by atoms with Gasteiger partial charge in [0.1, 0.15) is 0 Å². The third-order valence-corrected chi connectivity index (χ3v) is 1.55. The molecule has 0 spiro atoms. The van der Waals surface area contributed by atoms with Gasteiger partial charge in [0.05, 0.1) is 0 Å². The summed E-state index contributed by atoms with van der Waals surface area (Å²) in [6.07, 6.45) is 8.81. The van der Waals surface area contributed by atoms with Crippen LogP contribution in [0.1, 0.15) is 39.5 Å². The number of aliphatic hydroxyl groups excluding tert-OH is 1. The van der Waals surface area contributed by atoms with E-state index in [4.69, 9.17) is 5.11 Å². The summed E-state index contributed by atoms with van der Waals surface area (Å²) in [5.74, 6) is 0.768. The highest BCUT2D eigenvalue weighted by Crippen LogP contribution is 2.02. The van der Waals surface area contributed by atoms with Gasteiger partial charge in [0.15, 0.2) is 0 Å². The Kier molecular flexibility index (Phi) is 7.59. The van der Waals surface area contributed by atoms with Gasteiger partial charge in [-0.3, -0.25) is 0 Å². The molecule has 0 aromatic heterocycles. The summed E-state index contributed by atoms with van der Waals surface area (Å²) < 4.78 is 0. The number of aliphatic hydroxyl groups is 1. The van der Waals surface area contributed by atoms with Crippen molar-refractivity contribution in [3.8, 4) is 0 Å². The minimum Gasteiger partial charge on any atom is -0.396 e. The molecule has 0 aliphatic carbocycles. The predicted molar refractivity (Wildman–Crippen MR) is 49.5 cm³/mol. The molecule has 0 aromatic carbocycles. The molecule has 1 nitrogen and oxygen atoms in total. The van der Waals surface area contributed by atoms with Crippen molar-refractivity contribution in [2.75, 3.05) is 6.61 Å². The lowest BCUT2D eigenvalue weighted by molar-refractivity contribution is 0.285. The minimum atomic E-state index is 0.331. The molecular formula is C10H20O.